The van der Waals surface area contributed by atoms with E-state index in [-0.39, 0.29) is 11.6 Å². The minimum atomic E-state index is -0.636. The third-order valence-corrected chi connectivity index (χ3v) is 9.56. The second-order valence-corrected chi connectivity index (χ2v) is 13.3. The van der Waals surface area contributed by atoms with Crippen LogP contribution < -0.4 is 34.9 Å². The molecule has 0 aliphatic rings. The van der Waals surface area contributed by atoms with Crippen molar-refractivity contribution < 1.29 is 33.3 Å². The van der Waals surface area contributed by atoms with Crippen LogP contribution in [0.1, 0.15) is 26.7 Å². The molecule has 0 aliphatic carbocycles. The summed E-state index contributed by atoms with van der Waals surface area (Å²) in [6, 6.07) is 45.2. The Hall–Kier alpha value is -6.98. The summed E-state index contributed by atoms with van der Waals surface area (Å²) in [6.45, 7) is 0. The molecule has 1 atom stereocenters. The summed E-state index contributed by atoms with van der Waals surface area (Å²) in [6.07, 6.45) is 1.52. The van der Waals surface area contributed by atoms with E-state index in [1.807, 2.05) is 66.7 Å². The second-order valence-electron chi connectivity index (χ2n) is 12.2. The number of thioether (sulfide) groups is 1. The van der Waals surface area contributed by atoms with Gasteiger partial charge in [0, 0.05) is 21.8 Å². The molecular formula is C45H39N3O7S. The number of para-hydroxylation sites is 1. The standard InChI is InChI=1S/C45H39N3O7S/c1-52-39-27-30(28-40(53-2)41(39)54-3)26-38(48-43(49)32-16-9-5-10-17-32)44(50)47-34-18-13-21-37(29-34)56-42(31-14-7-4-8-15-31)45(51)46-33-22-24-36(25-23-33)55-35-19-11-6-12-20-35/h4-29,42H,1-3H3,(H,46,51)(H,47,50)(H,48,49)/b38-26+. The first kappa shape index (κ1) is 38.7. The van der Waals surface area contributed by atoms with Crippen LogP contribution in [0.25, 0.3) is 6.08 Å². The highest BCUT2D eigenvalue weighted by atomic mass is 32.2. The molecule has 1 unspecified atom stereocenters. The molecule has 11 heteroatoms. The van der Waals surface area contributed by atoms with Gasteiger partial charge >= 0.3 is 0 Å². The lowest BCUT2D eigenvalue weighted by molar-refractivity contribution is -0.116. The first-order chi connectivity index (χ1) is 27.3. The monoisotopic (exact) mass is 765 g/mol. The van der Waals surface area contributed by atoms with Gasteiger partial charge in [0.05, 0.1) is 21.3 Å². The van der Waals surface area contributed by atoms with Crippen LogP contribution in [0.3, 0.4) is 0 Å². The Kier molecular flexibility index (Phi) is 13.0. The summed E-state index contributed by atoms with van der Waals surface area (Å²) in [5.74, 6) is 1.21. The van der Waals surface area contributed by atoms with Gasteiger partial charge in [-0.25, -0.2) is 0 Å². The van der Waals surface area contributed by atoms with Gasteiger partial charge in [0.2, 0.25) is 11.7 Å². The molecule has 0 fully saturated rings. The van der Waals surface area contributed by atoms with Crippen LogP contribution in [0, 0.1) is 0 Å². The summed E-state index contributed by atoms with van der Waals surface area (Å²) in [4.78, 5) is 41.8. The topological polar surface area (TPSA) is 124 Å². The molecule has 6 aromatic rings. The Morgan fingerprint density at radius 3 is 1.84 bits per heavy atom. The average Bonchev–Trinajstić information content (AvgIpc) is 3.24. The highest BCUT2D eigenvalue weighted by Crippen LogP contribution is 2.39. The zero-order valence-corrected chi connectivity index (χ0v) is 31.7. The third kappa shape index (κ3) is 10.2. The molecule has 0 saturated carbocycles. The number of hydrogen-bond acceptors (Lipinski definition) is 8. The van der Waals surface area contributed by atoms with Crippen LogP contribution in [0.5, 0.6) is 28.7 Å². The van der Waals surface area contributed by atoms with E-state index in [4.69, 9.17) is 18.9 Å². The van der Waals surface area contributed by atoms with Crippen molar-refractivity contribution in [1.82, 2.24) is 5.32 Å². The van der Waals surface area contributed by atoms with Crippen molar-refractivity contribution in [2.45, 2.75) is 10.1 Å². The van der Waals surface area contributed by atoms with E-state index in [9.17, 15) is 14.4 Å². The Morgan fingerprint density at radius 1 is 0.607 bits per heavy atom. The first-order valence-electron chi connectivity index (χ1n) is 17.5. The number of carbonyl (C=O) groups excluding carboxylic acids is 3. The number of carbonyl (C=O) groups is 3. The SMILES string of the molecule is COc1cc(/C=C(/NC(=O)c2ccccc2)C(=O)Nc2cccc(SC(C(=O)Nc3ccc(Oc4ccccc4)cc3)c3ccccc3)c2)cc(OC)c1OC. The molecule has 0 aliphatic heterocycles. The lowest BCUT2D eigenvalue weighted by Gasteiger charge is -2.18. The minimum absolute atomic E-state index is 0.0343. The van der Waals surface area contributed by atoms with Gasteiger partial charge in [0.25, 0.3) is 11.8 Å². The van der Waals surface area contributed by atoms with E-state index in [0.29, 0.717) is 51.2 Å². The van der Waals surface area contributed by atoms with Gasteiger partial charge < -0.3 is 34.9 Å². The summed E-state index contributed by atoms with van der Waals surface area (Å²) >= 11 is 1.33. The molecule has 56 heavy (non-hydrogen) atoms. The van der Waals surface area contributed by atoms with Gasteiger partial charge in [-0.15, -0.1) is 11.8 Å². The van der Waals surface area contributed by atoms with Gasteiger partial charge in [-0.05, 0) is 96.1 Å². The number of hydrogen-bond donors (Lipinski definition) is 3. The van der Waals surface area contributed by atoms with Crippen LogP contribution in [0.4, 0.5) is 11.4 Å². The van der Waals surface area contributed by atoms with Crippen LogP contribution in [0.15, 0.2) is 162 Å². The molecule has 0 saturated heterocycles. The fraction of sp³-hybridized carbons (Fsp3) is 0.0889. The lowest BCUT2D eigenvalue weighted by Crippen LogP contribution is -2.30. The van der Waals surface area contributed by atoms with Gasteiger partial charge in [-0.2, -0.15) is 0 Å². The maximum Gasteiger partial charge on any atom is 0.272 e. The van der Waals surface area contributed by atoms with Gasteiger partial charge in [0.1, 0.15) is 22.4 Å². The van der Waals surface area contributed by atoms with E-state index in [2.05, 4.69) is 16.0 Å². The van der Waals surface area contributed by atoms with E-state index in [0.717, 1.165) is 10.5 Å². The zero-order chi connectivity index (χ0) is 39.3. The molecule has 6 aromatic carbocycles. The summed E-state index contributed by atoms with van der Waals surface area (Å²) < 4.78 is 22.3. The van der Waals surface area contributed by atoms with E-state index < -0.39 is 17.1 Å². The highest BCUT2D eigenvalue weighted by Gasteiger charge is 2.23. The predicted molar refractivity (Wildman–Crippen MR) is 220 cm³/mol. The van der Waals surface area contributed by atoms with E-state index in [1.165, 1.54) is 39.2 Å². The van der Waals surface area contributed by atoms with Crippen molar-refractivity contribution >= 4 is 46.9 Å². The quantitative estimate of drug-likeness (QED) is 0.0698. The maximum atomic E-state index is 13.9. The smallest absolute Gasteiger partial charge is 0.272 e. The lowest BCUT2D eigenvalue weighted by atomic mass is 10.1. The van der Waals surface area contributed by atoms with Crippen molar-refractivity contribution in [1.29, 1.82) is 0 Å². The van der Waals surface area contributed by atoms with Crippen molar-refractivity contribution in [3.05, 3.63) is 174 Å². The maximum absolute atomic E-state index is 13.9. The fourth-order valence-electron chi connectivity index (χ4n) is 5.61. The summed E-state index contributed by atoms with van der Waals surface area (Å²) in [5, 5.41) is 8.06. The minimum Gasteiger partial charge on any atom is -0.493 e. The zero-order valence-electron chi connectivity index (χ0n) is 30.9. The van der Waals surface area contributed by atoms with Crippen molar-refractivity contribution in [2.24, 2.45) is 0 Å². The van der Waals surface area contributed by atoms with Crippen molar-refractivity contribution in [3.8, 4) is 28.7 Å². The summed E-state index contributed by atoms with van der Waals surface area (Å²) in [7, 11) is 4.48. The molecular weight excluding hydrogens is 727 g/mol. The number of rotatable bonds is 15. The number of benzene rings is 6. The molecule has 0 heterocycles. The molecule has 6 rings (SSSR count). The normalized spacial score (nSPS) is 11.4. The van der Waals surface area contributed by atoms with Crippen molar-refractivity contribution in [2.75, 3.05) is 32.0 Å². The van der Waals surface area contributed by atoms with Crippen LogP contribution in [0.2, 0.25) is 0 Å². The second kappa shape index (κ2) is 18.9. The molecule has 3 amide bonds. The van der Waals surface area contributed by atoms with Crippen LogP contribution in [-0.4, -0.2) is 39.1 Å². The number of methoxy groups -OCH3 is 3. The number of amides is 3. The number of ether oxygens (including phenoxy) is 4. The molecule has 0 aromatic heterocycles. The predicted octanol–water partition coefficient (Wildman–Crippen LogP) is 9.39. The molecule has 282 valence electrons. The first-order valence-corrected chi connectivity index (χ1v) is 18.4. The third-order valence-electron chi connectivity index (χ3n) is 8.31. The number of nitrogens with one attached hydrogen (secondary N) is 3. The Morgan fingerprint density at radius 2 is 1.21 bits per heavy atom. The van der Waals surface area contributed by atoms with Crippen LogP contribution >= 0.6 is 11.8 Å². The van der Waals surface area contributed by atoms with E-state index in [1.54, 1.807) is 84.9 Å². The van der Waals surface area contributed by atoms with Crippen molar-refractivity contribution in [3.63, 3.8) is 0 Å². The van der Waals surface area contributed by atoms with E-state index >= 15 is 0 Å². The largest absolute Gasteiger partial charge is 0.493 e. The molecule has 0 spiro atoms. The van der Waals surface area contributed by atoms with Gasteiger partial charge in [0.15, 0.2) is 11.5 Å². The van der Waals surface area contributed by atoms with Gasteiger partial charge in [-0.3, -0.25) is 14.4 Å². The fourth-order valence-corrected chi connectivity index (χ4v) is 6.70. The molecule has 10 nitrogen and oxygen atoms in total. The number of anilines is 2. The molecule has 0 bridgehead atoms. The highest BCUT2D eigenvalue weighted by molar-refractivity contribution is 8.00. The Balaban J connectivity index is 1.23. The molecule has 3 N–H and O–H groups in total. The van der Waals surface area contributed by atoms with Crippen LogP contribution in [-0.2, 0) is 9.59 Å². The summed E-state index contributed by atoms with van der Waals surface area (Å²) in [5.41, 5.74) is 2.71. The Labute approximate surface area is 329 Å². The Bertz CT molecular complexity index is 2280. The molecule has 0 radical (unpaired) electrons. The average molecular weight is 766 g/mol. The van der Waals surface area contributed by atoms with Gasteiger partial charge in [-0.1, -0.05) is 72.8 Å².